The maximum Gasteiger partial charge on any atom is 0.338 e. The summed E-state index contributed by atoms with van der Waals surface area (Å²) in [6, 6.07) is 17.3. The van der Waals surface area contributed by atoms with E-state index in [1.807, 2.05) is 75.1 Å². The SMILES string of the molecule is CCN1C(=S)NC(c2ccc(NC(=O)C3CC3c3ccccc3)cc2)C(C(=O)OCC(C)C)=C1C. The number of rotatable bonds is 8. The molecule has 0 saturated heterocycles. The molecule has 1 heterocycles. The van der Waals surface area contributed by atoms with Gasteiger partial charge in [-0.15, -0.1) is 0 Å². The Morgan fingerprint density at radius 3 is 2.43 bits per heavy atom. The largest absolute Gasteiger partial charge is 0.462 e. The lowest BCUT2D eigenvalue weighted by Crippen LogP contribution is -2.47. The van der Waals surface area contributed by atoms with Gasteiger partial charge in [-0.25, -0.2) is 4.79 Å². The van der Waals surface area contributed by atoms with Gasteiger partial charge in [-0.1, -0.05) is 56.3 Å². The second-order valence-corrected chi connectivity index (χ2v) is 9.98. The van der Waals surface area contributed by atoms with Crippen LogP contribution in [0.15, 0.2) is 65.9 Å². The second kappa shape index (κ2) is 10.6. The van der Waals surface area contributed by atoms with Crippen molar-refractivity contribution >= 4 is 34.9 Å². The zero-order valence-electron chi connectivity index (χ0n) is 20.7. The molecule has 1 saturated carbocycles. The van der Waals surface area contributed by atoms with Gasteiger partial charge in [0.2, 0.25) is 5.91 Å². The summed E-state index contributed by atoms with van der Waals surface area (Å²) in [5.41, 5.74) is 4.18. The molecule has 3 unspecified atom stereocenters. The molecule has 2 aromatic carbocycles. The number of thiocarbonyl (C=S) groups is 1. The van der Waals surface area contributed by atoms with E-state index in [0.29, 0.717) is 23.8 Å². The van der Waals surface area contributed by atoms with E-state index in [1.54, 1.807) is 0 Å². The van der Waals surface area contributed by atoms with Gasteiger partial charge in [-0.05, 0) is 67.6 Å². The second-order valence-electron chi connectivity index (χ2n) is 9.59. The van der Waals surface area contributed by atoms with E-state index >= 15 is 0 Å². The van der Waals surface area contributed by atoms with Crippen LogP contribution in [0.25, 0.3) is 0 Å². The van der Waals surface area contributed by atoms with Gasteiger partial charge in [0.15, 0.2) is 5.11 Å². The van der Waals surface area contributed by atoms with Crippen molar-refractivity contribution in [3.63, 3.8) is 0 Å². The monoisotopic (exact) mass is 491 g/mol. The van der Waals surface area contributed by atoms with Gasteiger partial charge < -0.3 is 20.3 Å². The van der Waals surface area contributed by atoms with Crippen LogP contribution in [-0.4, -0.2) is 35.0 Å². The van der Waals surface area contributed by atoms with Crippen molar-refractivity contribution in [3.05, 3.63) is 77.0 Å². The maximum absolute atomic E-state index is 13.1. The third kappa shape index (κ3) is 5.56. The lowest BCUT2D eigenvalue weighted by molar-refractivity contribution is -0.140. The first kappa shape index (κ1) is 24.9. The van der Waals surface area contributed by atoms with E-state index in [1.165, 1.54) is 5.56 Å². The Morgan fingerprint density at radius 1 is 1.11 bits per heavy atom. The van der Waals surface area contributed by atoms with E-state index in [2.05, 4.69) is 22.8 Å². The first-order valence-electron chi connectivity index (χ1n) is 12.2. The van der Waals surface area contributed by atoms with Crippen molar-refractivity contribution in [2.45, 2.75) is 46.1 Å². The van der Waals surface area contributed by atoms with Gasteiger partial charge in [0, 0.05) is 23.8 Å². The van der Waals surface area contributed by atoms with E-state index in [0.717, 1.165) is 23.4 Å². The number of allylic oxidation sites excluding steroid dienone is 1. The number of esters is 1. The Labute approximate surface area is 212 Å². The number of benzene rings is 2. The minimum atomic E-state index is -0.416. The topological polar surface area (TPSA) is 70.7 Å². The maximum atomic E-state index is 13.1. The molecule has 2 aliphatic rings. The summed E-state index contributed by atoms with van der Waals surface area (Å²) in [5, 5.41) is 6.92. The van der Waals surface area contributed by atoms with Crippen LogP contribution in [0.4, 0.5) is 5.69 Å². The average molecular weight is 492 g/mol. The van der Waals surface area contributed by atoms with Crippen LogP contribution in [0, 0.1) is 11.8 Å². The number of nitrogens with zero attached hydrogens (tertiary/aromatic N) is 1. The van der Waals surface area contributed by atoms with Crippen molar-refractivity contribution in [2.75, 3.05) is 18.5 Å². The minimum Gasteiger partial charge on any atom is -0.462 e. The molecule has 2 N–H and O–H groups in total. The van der Waals surface area contributed by atoms with Crippen LogP contribution in [0.2, 0.25) is 0 Å². The number of nitrogens with one attached hydrogen (secondary N) is 2. The number of ether oxygens (including phenoxy) is 1. The highest BCUT2D eigenvalue weighted by Gasteiger charge is 2.43. The number of anilines is 1. The molecule has 6 nitrogen and oxygen atoms in total. The summed E-state index contributed by atoms with van der Waals surface area (Å²) < 4.78 is 5.59. The van der Waals surface area contributed by atoms with Crippen molar-refractivity contribution in [3.8, 4) is 0 Å². The summed E-state index contributed by atoms with van der Waals surface area (Å²) in [4.78, 5) is 27.7. The molecule has 3 atom stereocenters. The van der Waals surface area contributed by atoms with Crippen LogP contribution < -0.4 is 10.6 Å². The van der Waals surface area contributed by atoms with E-state index < -0.39 is 6.04 Å². The molecule has 1 fully saturated rings. The van der Waals surface area contributed by atoms with Gasteiger partial charge in [-0.2, -0.15) is 0 Å². The van der Waals surface area contributed by atoms with Gasteiger partial charge in [0.05, 0.1) is 18.2 Å². The minimum absolute atomic E-state index is 0.00222. The molecule has 4 rings (SSSR count). The molecular weight excluding hydrogens is 458 g/mol. The molecule has 0 radical (unpaired) electrons. The molecule has 184 valence electrons. The Kier molecular flexibility index (Phi) is 7.55. The van der Waals surface area contributed by atoms with E-state index in [9.17, 15) is 9.59 Å². The predicted octanol–water partition coefficient (Wildman–Crippen LogP) is 5.15. The normalized spacial score (nSPS) is 21.6. The number of amides is 1. The summed E-state index contributed by atoms with van der Waals surface area (Å²) in [6.45, 7) is 8.93. The van der Waals surface area contributed by atoms with Crippen molar-refractivity contribution in [1.82, 2.24) is 10.2 Å². The number of carbonyl (C=O) groups is 2. The van der Waals surface area contributed by atoms with Gasteiger partial charge in [0.1, 0.15) is 0 Å². The lowest BCUT2D eigenvalue weighted by atomic mass is 9.94. The first-order chi connectivity index (χ1) is 16.8. The summed E-state index contributed by atoms with van der Waals surface area (Å²) in [6.07, 6.45) is 0.872. The van der Waals surface area contributed by atoms with Crippen molar-refractivity contribution in [2.24, 2.45) is 11.8 Å². The van der Waals surface area contributed by atoms with Crippen molar-refractivity contribution in [1.29, 1.82) is 0 Å². The zero-order valence-corrected chi connectivity index (χ0v) is 21.5. The quantitative estimate of drug-likeness (QED) is 0.393. The molecular formula is C28H33N3O3S. The third-order valence-corrected chi connectivity index (χ3v) is 6.88. The lowest BCUT2D eigenvalue weighted by Gasteiger charge is -2.37. The number of carbonyl (C=O) groups excluding carboxylic acids is 2. The van der Waals surface area contributed by atoms with Crippen LogP contribution >= 0.6 is 12.2 Å². The third-order valence-electron chi connectivity index (χ3n) is 6.55. The fourth-order valence-corrected chi connectivity index (χ4v) is 4.93. The number of hydrogen-bond acceptors (Lipinski definition) is 4. The molecule has 0 bridgehead atoms. The highest BCUT2D eigenvalue weighted by atomic mass is 32.1. The van der Waals surface area contributed by atoms with Gasteiger partial charge in [-0.3, -0.25) is 4.79 Å². The van der Waals surface area contributed by atoms with Gasteiger partial charge in [0.25, 0.3) is 0 Å². The molecule has 2 aromatic rings. The Bertz CT molecular complexity index is 1130. The highest BCUT2D eigenvalue weighted by molar-refractivity contribution is 7.80. The zero-order chi connectivity index (χ0) is 25.1. The Balaban J connectivity index is 1.48. The molecule has 35 heavy (non-hydrogen) atoms. The van der Waals surface area contributed by atoms with Crippen LogP contribution in [0.1, 0.15) is 57.2 Å². The number of hydrogen-bond donors (Lipinski definition) is 2. The molecule has 0 spiro atoms. The van der Waals surface area contributed by atoms with E-state index in [4.69, 9.17) is 17.0 Å². The van der Waals surface area contributed by atoms with Gasteiger partial charge >= 0.3 is 5.97 Å². The fourth-order valence-electron chi connectivity index (χ4n) is 4.54. The smallest absolute Gasteiger partial charge is 0.338 e. The molecule has 1 aliphatic heterocycles. The van der Waals surface area contributed by atoms with Crippen LogP contribution in [0.5, 0.6) is 0 Å². The van der Waals surface area contributed by atoms with Crippen LogP contribution in [-0.2, 0) is 14.3 Å². The summed E-state index contributed by atoms with van der Waals surface area (Å²) in [5.74, 6) is 0.233. The molecule has 7 heteroatoms. The van der Waals surface area contributed by atoms with E-state index in [-0.39, 0.29) is 29.6 Å². The predicted molar refractivity (Wildman–Crippen MR) is 142 cm³/mol. The van der Waals surface area contributed by atoms with Crippen LogP contribution in [0.3, 0.4) is 0 Å². The standard InChI is InChI=1S/C28H33N3O3S/c1-5-31-18(4)24(27(33)34-16-17(2)3)25(30-28(31)35)20-11-13-21(14-12-20)29-26(32)23-15-22(23)19-9-7-6-8-10-19/h6-14,17,22-23,25H,5,15-16H2,1-4H3,(H,29,32)(H,30,35). The summed E-state index contributed by atoms with van der Waals surface area (Å²) in [7, 11) is 0. The average Bonchev–Trinajstić information content (AvgIpc) is 3.65. The molecule has 0 aromatic heterocycles. The molecule has 1 aliphatic carbocycles. The first-order valence-corrected chi connectivity index (χ1v) is 12.6. The van der Waals surface area contributed by atoms with Crippen molar-refractivity contribution < 1.29 is 14.3 Å². The fraction of sp³-hybridized carbons (Fsp3) is 0.393. The highest BCUT2D eigenvalue weighted by Crippen LogP contribution is 2.47. The summed E-state index contributed by atoms with van der Waals surface area (Å²) >= 11 is 5.57. The Morgan fingerprint density at radius 2 is 1.80 bits per heavy atom. The Hall–Kier alpha value is -3.19. The molecule has 1 amide bonds.